The molecule has 3 aromatic rings. The summed E-state index contributed by atoms with van der Waals surface area (Å²) in [6, 6.07) is 25.9. The molecule has 0 bridgehead atoms. The number of hydrogen-bond acceptors (Lipinski definition) is 4. The van der Waals surface area contributed by atoms with E-state index in [-0.39, 0.29) is 18.4 Å². The number of hydrogen-bond donors (Lipinski definition) is 4. The summed E-state index contributed by atoms with van der Waals surface area (Å²) in [5.41, 5.74) is 26.0. The SMILES string of the molecule is NCc1ccc(CN(C(=O)C(c2ccccc2)c2ccccc2)[C@H](CCCN=C(N)N)C(N)=O)cc1. The number of primary amides is 1. The molecule has 3 aromatic carbocycles. The van der Waals surface area contributed by atoms with Crippen molar-refractivity contribution in [3.05, 3.63) is 107 Å². The van der Waals surface area contributed by atoms with Gasteiger partial charge in [0, 0.05) is 19.6 Å². The molecule has 8 nitrogen and oxygen atoms in total. The van der Waals surface area contributed by atoms with Crippen molar-refractivity contribution >= 4 is 17.8 Å². The van der Waals surface area contributed by atoms with Crippen LogP contribution in [0.3, 0.4) is 0 Å². The van der Waals surface area contributed by atoms with Gasteiger partial charge in [-0.1, -0.05) is 84.9 Å². The van der Waals surface area contributed by atoms with Gasteiger partial charge in [0.1, 0.15) is 6.04 Å². The van der Waals surface area contributed by atoms with E-state index in [0.717, 1.165) is 22.3 Å². The van der Waals surface area contributed by atoms with Crippen LogP contribution in [0.4, 0.5) is 0 Å². The predicted octanol–water partition coefficient (Wildman–Crippen LogP) is 2.21. The highest BCUT2D eigenvalue weighted by Crippen LogP contribution is 2.29. The van der Waals surface area contributed by atoms with Gasteiger partial charge >= 0.3 is 0 Å². The van der Waals surface area contributed by atoms with Gasteiger partial charge in [-0.25, -0.2) is 0 Å². The van der Waals surface area contributed by atoms with Gasteiger partial charge in [-0.05, 0) is 35.1 Å². The third-order valence-electron chi connectivity index (χ3n) is 6.04. The van der Waals surface area contributed by atoms with Crippen LogP contribution in [-0.2, 0) is 22.7 Å². The van der Waals surface area contributed by atoms with Crippen molar-refractivity contribution < 1.29 is 9.59 Å². The molecular formula is C28H34N6O2. The number of guanidine groups is 1. The number of benzene rings is 3. The Morgan fingerprint density at radius 2 is 1.31 bits per heavy atom. The summed E-state index contributed by atoms with van der Waals surface area (Å²) in [6.45, 7) is 0.970. The lowest BCUT2D eigenvalue weighted by Gasteiger charge is -2.33. The van der Waals surface area contributed by atoms with Crippen LogP contribution in [0.25, 0.3) is 0 Å². The van der Waals surface area contributed by atoms with E-state index in [0.29, 0.717) is 25.9 Å². The lowest BCUT2D eigenvalue weighted by molar-refractivity contribution is -0.141. The molecule has 8 heteroatoms. The zero-order valence-corrected chi connectivity index (χ0v) is 20.3. The Morgan fingerprint density at radius 3 is 1.78 bits per heavy atom. The van der Waals surface area contributed by atoms with Crippen LogP contribution < -0.4 is 22.9 Å². The number of aliphatic imine (C=N–C) groups is 1. The molecule has 2 amide bonds. The minimum atomic E-state index is -0.837. The number of nitrogens with two attached hydrogens (primary N) is 4. The number of carbonyl (C=O) groups is 2. The van der Waals surface area contributed by atoms with Crippen LogP contribution in [0.2, 0.25) is 0 Å². The zero-order chi connectivity index (χ0) is 25.9. The van der Waals surface area contributed by atoms with E-state index in [1.807, 2.05) is 84.9 Å². The monoisotopic (exact) mass is 486 g/mol. The Hall–Kier alpha value is -4.17. The van der Waals surface area contributed by atoms with Crippen LogP contribution in [0.5, 0.6) is 0 Å². The molecule has 0 fully saturated rings. The first-order chi connectivity index (χ1) is 17.4. The van der Waals surface area contributed by atoms with Crippen molar-refractivity contribution in [1.82, 2.24) is 4.90 Å². The van der Waals surface area contributed by atoms with Crippen molar-refractivity contribution in [2.75, 3.05) is 6.54 Å². The second-order valence-corrected chi connectivity index (χ2v) is 8.61. The standard InChI is InChI=1S/C28H34N6O2/c29-18-20-13-15-21(16-14-20)19-34(24(26(30)35)12-7-17-33-28(31)32)27(36)25(22-8-3-1-4-9-22)23-10-5-2-6-11-23/h1-6,8-11,13-16,24-25H,7,12,17-19,29H2,(H2,30,35)(H4,31,32,33)/t24-/m1/s1. The van der Waals surface area contributed by atoms with Gasteiger partial charge < -0.3 is 27.8 Å². The van der Waals surface area contributed by atoms with Crippen LogP contribution in [0.15, 0.2) is 89.9 Å². The van der Waals surface area contributed by atoms with E-state index in [2.05, 4.69) is 4.99 Å². The normalized spacial score (nSPS) is 11.6. The van der Waals surface area contributed by atoms with Crippen LogP contribution in [-0.4, -0.2) is 35.3 Å². The fourth-order valence-electron chi connectivity index (χ4n) is 4.20. The highest BCUT2D eigenvalue weighted by molar-refractivity contribution is 5.92. The lowest BCUT2D eigenvalue weighted by atomic mass is 9.89. The predicted molar refractivity (Wildman–Crippen MR) is 143 cm³/mol. The first-order valence-electron chi connectivity index (χ1n) is 11.9. The quantitative estimate of drug-likeness (QED) is 0.176. The highest BCUT2D eigenvalue weighted by Gasteiger charge is 2.34. The molecule has 0 saturated heterocycles. The van der Waals surface area contributed by atoms with E-state index >= 15 is 0 Å². The van der Waals surface area contributed by atoms with E-state index in [1.54, 1.807) is 4.90 Å². The molecule has 0 aliphatic rings. The third kappa shape index (κ3) is 7.16. The molecular weight excluding hydrogens is 452 g/mol. The van der Waals surface area contributed by atoms with Crippen molar-refractivity contribution in [1.29, 1.82) is 0 Å². The Kier molecular flexibility index (Phi) is 9.59. The average molecular weight is 487 g/mol. The molecule has 188 valence electrons. The van der Waals surface area contributed by atoms with E-state index in [1.165, 1.54) is 0 Å². The Balaban J connectivity index is 2.01. The molecule has 0 radical (unpaired) electrons. The van der Waals surface area contributed by atoms with Crippen molar-refractivity contribution in [2.45, 2.75) is 37.9 Å². The summed E-state index contributed by atoms with van der Waals surface area (Å²) in [6.07, 6.45) is 0.817. The highest BCUT2D eigenvalue weighted by atomic mass is 16.2. The second kappa shape index (κ2) is 13.1. The molecule has 36 heavy (non-hydrogen) atoms. The van der Waals surface area contributed by atoms with Gasteiger partial charge in [0.25, 0.3) is 0 Å². The van der Waals surface area contributed by atoms with Crippen LogP contribution >= 0.6 is 0 Å². The molecule has 0 aromatic heterocycles. The molecule has 3 rings (SSSR count). The third-order valence-corrected chi connectivity index (χ3v) is 6.04. The first kappa shape index (κ1) is 26.4. The molecule has 8 N–H and O–H groups in total. The van der Waals surface area contributed by atoms with Gasteiger partial charge in [0.15, 0.2) is 5.96 Å². The molecule has 1 atom stereocenters. The van der Waals surface area contributed by atoms with Crippen molar-refractivity contribution in [3.8, 4) is 0 Å². The summed E-state index contributed by atoms with van der Waals surface area (Å²) >= 11 is 0. The number of carbonyl (C=O) groups excluding carboxylic acids is 2. The van der Waals surface area contributed by atoms with E-state index in [4.69, 9.17) is 22.9 Å². The minimum Gasteiger partial charge on any atom is -0.370 e. The van der Waals surface area contributed by atoms with E-state index < -0.39 is 17.9 Å². The van der Waals surface area contributed by atoms with Gasteiger partial charge in [-0.2, -0.15) is 0 Å². The summed E-state index contributed by atoms with van der Waals surface area (Å²) in [4.78, 5) is 32.6. The average Bonchev–Trinajstić information content (AvgIpc) is 2.89. The maximum Gasteiger partial charge on any atom is 0.240 e. The van der Waals surface area contributed by atoms with E-state index in [9.17, 15) is 9.59 Å². The molecule has 0 spiro atoms. The largest absolute Gasteiger partial charge is 0.370 e. The molecule has 0 aliphatic carbocycles. The smallest absolute Gasteiger partial charge is 0.240 e. The van der Waals surface area contributed by atoms with Crippen molar-refractivity contribution in [2.24, 2.45) is 27.9 Å². The summed E-state index contributed by atoms with van der Waals surface area (Å²) in [5, 5.41) is 0. The molecule has 0 unspecified atom stereocenters. The zero-order valence-electron chi connectivity index (χ0n) is 20.3. The molecule has 0 aliphatic heterocycles. The van der Waals surface area contributed by atoms with Crippen molar-refractivity contribution in [3.63, 3.8) is 0 Å². The first-order valence-corrected chi connectivity index (χ1v) is 11.9. The van der Waals surface area contributed by atoms with Gasteiger partial charge in [-0.15, -0.1) is 0 Å². The van der Waals surface area contributed by atoms with Gasteiger partial charge in [-0.3, -0.25) is 14.6 Å². The molecule has 0 saturated carbocycles. The Labute approximate surface area is 212 Å². The summed E-state index contributed by atoms with van der Waals surface area (Å²) in [5.74, 6) is -1.41. The summed E-state index contributed by atoms with van der Waals surface area (Å²) in [7, 11) is 0. The fraction of sp³-hybridized carbons (Fsp3) is 0.250. The van der Waals surface area contributed by atoms with Crippen LogP contribution in [0.1, 0.15) is 41.0 Å². The Bertz CT molecular complexity index is 1110. The number of nitrogens with zero attached hydrogens (tertiary/aromatic N) is 2. The number of amides is 2. The van der Waals surface area contributed by atoms with Crippen LogP contribution in [0, 0.1) is 0 Å². The lowest BCUT2D eigenvalue weighted by Crippen LogP contribution is -2.49. The van der Waals surface area contributed by atoms with Gasteiger partial charge in [0.2, 0.25) is 11.8 Å². The van der Waals surface area contributed by atoms with Gasteiger partial charge in [0.05, 0.1) is 5.92 Å². The Morgan fingerprint density at radius 1 is 0.778 bits per heavy atom. The second-order valence-electron chi connectivity index (χ2n) is 8.61. The number of rotatable bonds is 12. The maximum absolute atomic E-state index is 14.3. The maximum atomic E-state index is 14.3. The minimum absolute atomic E-state index is 0.0215. The topological polar surface area (TPSA) is 154 Å². The fourth-order valence-corrected chi connectivity index (χ4v) is 4.20. The summed E-state index contributed by atoms with van der Waals surface area (Å²) < 4.78 is 0. The molecule has 0 heterocycles.